The minimum absolute atomic E-state index is 0.00347. The topological polar surface area (TPSA) is 55.4 Å². The first-order valence-corrected chi connectivity index (χ1v) is 5.12. The van der Waals surface area contributed by atoms with Crippen LogP contribution in [0.2, 0.25) is 0 Å². The maximum atomic E-state index is 11.6. The molecular weight excluding hydrogens is 206 g/mol. The van der Waals surface area contributed by atoms with Crippen molar-refractivity contribution in [1.29, 1.82) is 0 Å². The molecule has 0 aliphatic carbocycles. The van der Waals surface area contributed by atoms with Crippen molar-refractivity contribution in [2.75, 3.05) is 0 Å². The molecule has 0 aromatic carbocycles. The lowest BCUT2D eigenvalue weighted by molar-refractivity contribution is 0.0911. The molecule has 4 nitrogen and oxygen atoms in total. The SMILES string of the molecule is CC(Cc1ccco1)NC(=O)c1ccco1. The van der Waals surface area contributed by atoms with Crippen LogP contribution in [0.15, 0.2) is 45.6 Å². The Hall–Kier alpha value is -1.97. The Labute approximate surface area is 93.2 Å². The molecule has 0 spiro atoms. The van der Waals surface area contributed by atoms with Crippen LogP contribution in [0.25, 0.3) is 0 Å². The standard InChI is InChI=1S/C12H13NO3/c1-9(8-10-4-2-6-15-10)13-12(14)11-5-3-7-16-11/h2-7,9H,8H2,1H3,(H,13,14). The van der Waals surface area contributed by atoms with Crippen molar-refractivity contribution in [3.8, 4) is 0 Å². The van der Waals surface area contributed by atoms with E-state index in [9.17, 15) is 4.79 Å². The Balaban J connectivity index is 1.88. The number of carbonyl (C=O) groups excluding carboxylic acids is 1. The fourth-order valence-electron chi connectivity index (χ4n) is 1.48. The Kier molecular flexibility index (Phi) is 3.10. The number of hydrogen-bond donors (Lipinski definition) is 1. The lowest BCUT2D eigenvalue weighted by Crippen LogP contribution is -2.33. The van der Waals surface area contributed by atoms with E-state index in [1.54, 1.807) is 18.4 Å². The van der Waals surface area contributed by atoms with Crippen LogP contribution in [0.1, 0.15) is 23.2 Å². The van der Waals surface area contributed by atoms with E-state index in [2.05, 4.69) is 5.32 Å². The maximum Gasteiger partial charge on any atom is 0.287 e. The van der Waals surface area contributed by atoms with Gasteiger partial charge < -0.3 is 14.2 Å². The third-order valence-corrected chi connectivity index (χ3v) is 2.21. The highest BCUT2D eigenvalue weighted by Crippen LogP contribution is 2.05. The molecule has 0 radical (unpaired) electrons. The molecule has 2 aromatic rings. The summed E-state index contributed by atoms with van der Waals surface area (Å²) in [5.41, 5.74) is 0. The molecule has 2 rings (SSSR count). The smallest absolute Gasteiger partial charge is 0.287 e. The van der Waals surface area contributed by atoms with E-state index < -0.39 is 0 Å². The summed E-state index contributed by atoms with van der Waals surface area (Å²) in [6.45, 7) is 1.92. The summed E-state index contributed by atoms with van der Waals surface area (Å²) in [5, 5.41) is 2.83. The van der Waals surface area contributed by atoms with E-state index in [1.165, 1.54) is 6.26 Å². The van der Waals surface area contributed by atoms with Gasteiger partial charge in [-0.25, -0.2) is 0 Å². The monoisotopic (exact) mass is 219 g/mol. The predicted molar refractivity (Wildman–Crippen MR) is 58.0 cm³/mol. The van der Waals surface area contributed by atoms with Crippen molar-refractivity contribution < 1.29 is 13.6 Å². The largest absolute Gasteiger partial charge is 0.469 e. The van der Waals surface area contributed by atoms with Crippen LogP contribution >= 0.6 is 0 Å². The zero-order valence-corrected chi connectivity index (χ0v) is 8.97. The first-order valence-electron chi connectivity index (χ1n) is 5.12. The number of furan rings is 2. The van der Waals surface area contributed by atoms with E-state index in [0.717, 1.165) is 5.76 Å². The highest BCUT2D eigenvalue weighted by Gasteiger charge is 2.12. The zero-order chi connectivity index (χ0) is 11.4. The van der Waals surface area contributed by atoms with Gasteiger partial charge in [0.05, 0.1) is 12.5 Å². The average Bonchev–Trinajstić information content (AvgIpc) is 2.88. The molecule has 0 aliphatic rings. The van der Waals surface area contributed by atoms with Crippen LogP contribution in [0.3, 0.4) is 0 Å². The molecule has 0 fully saturated rings. The summed E-state index contributed by atoms with van der Waals surface area (Å²) in [6, 6.07) is 7.04. The van der Waals surface area contributed by atoms with Gasteiger partial charge >= 0.3 is 0 Å². The summed E-state index contributed by atoms with van der Waals surface area (Å²) in [6.07, 6.45) is 3.77. The zero-order valence-electron chi connectivity index (χ0n) is 8.97. The van der Waals surface area contributed by atoms with Crippen LogP contribution in [-0.4, -0.2) is 11.9 Å². The predicted octanol–water partition coefficient (Wildman–Crippen LogP) is 2.23. The van der Waals surface area contributed by atoms with Gasteiger partial charge in [0.2, 0.25) is 0 Å². The molecule has 1 atom stereocenters. The molecule has 4 heteroatoms. The second kappa shape index (κ2) is 4.70. The van der Waals surface area contributed by atoms with Gasteiger partial charge in [-0.15, -0.1) is 0 Å². The first-order chi connectivity index (χ1) is 7.75. The average molecular weight is 219 g/mol. The summed E-state index contributed by atoms with van der Waals surface area (Å²) in [4.78, 5) is 11.6. The Morgan fingerprint density at radius 2 is 2.06 bits per heavy atom. The van der Waals surface area contributed by atoms with Gasteiger partial charge in [0.25, 0.3) is 5.91 Å². The van der Waals surface area contributed by atoms with Crippen LogP contribution in [0.4, 0.5) is 0 Å². The maximum absolute atomic E-state index is 11.6. The Morgan fingerprint density at radius 3 is 2.69 bits per heavy atom. The third-order valence-electron chi connectivity index (χ3n) is 2.21. The number of carbonyl (C=O) groups is 1. The van der Waals surface area contributed by atoms with Gasteiger partial charge in [-0.2, -0.15) is 0 Å². The van der Waals surface area contributed by atoms with Crippen molar-refractivity contribution >= 4 is 5.91 Å². The highest BCUT2D eigenvalue weighted by molar-refractivity contribution is 5.91. The summed E-state index contributed by atoms with van der Waals surface area (Å²) in [5.74, 6) is 0.975. The number of amides is 1. The van der Waals surface area contributed by atoms with Crippen LogP contribution in [-0.2, 0) is 6.42 Å². The van der Waals surface area contributed by atoms with Gasteiger partial charge in [-0.05, 0) is 31.2 Å². The van der Waals surface area contributed by atoms with Gasteiger partial charge in [0.1, 0.15) is 5.76 Å². The first kappa shape index (κ1) is 10.5. The molecule has 2 aromatic heterocycles. The van der Waals surface area contributed by atoms with E-state index in [4.69, 9.17) is 8.83 Å². The van der Waals surface area contributed by atoms with Gasteiger partial charge in [0, 0.05) is 12.5 Å². The van der Waals surface area contributed by atoms with E-state index in [0.29, 0.717) is 12.2 Å². The fraction of sp³-hybridized carbons (Fsp3) is 0.250. The van der Waals surface area contributed by atoms with Crippen molar-refractivity contribution in [3.63, 3.8) is 0 Å². The molecular formula is C12H13NO3. The molecule has 16 heavy (non-hydrogen) atoms. The minimum atomic E-state index is -0.205. The molecule has 1 unspecified atom stereocenters. The molecule has 0 aliphatic heterocycles. The third kappa shape index (κ3) is 2.53. The number of hydrogen-bond acceptors (Lipinski definition) is 3. The lowest BCUT2D eigenvalue weighted by Gasteiger charge is -2.10. The van der Waals surface area contributed by atoms with Crippen LogP contribution in [0.5, 0.6) is 0 Å². The van der Waals surface area contributed by atoms with Crippen LogP contribution < -0.4 is 5.32 Å². The van der Waals surface area contributed by atoms with Gasteiger partial charge in [-0.3, -0.25) is 4.79 Å². The number of nitrogens with one attached hydrogen (secondary N) is 1. The van der Waals surface area contributed by atoms with Crippen LogP contribution in [0, 0.1) is 0 Å². The molecule has 2 heterocycles. The fourth-order valence-corrected chi connectivity index (χ4v) is 1.48. The van der Waals surface area contributed by atoms with Gasteiger partial charge in [0.15, 0.2) is 5.76 Å². The molecule has 84 valence electrons. The second-order valence-corrected chi connectivity index (χ2v) is 3.64. The van der Waals surface area contributed by atoms with Crippen molar-refractivity contribution in [1.82, 2.24) is 5.32 Å². The summed E-state index contributed by atoms with van der Waals surface area (Å²) >= 11 is 0. The van der Waals surface area contributed by atoms with E-state index in [-0.39, 0.29) is 11.9 Å². The van der Waals surface area contributed by atoms with Crippen molar-refractivity contribution in [2.45, 2.75) is 19.4 Å². The van der Waals surface area contributed by atoms with Crippen molar-refractivity contribution in [2.24, 2.45) is 0 Å². The molecule has 1 N–H and O–H groups in total. The summed E-state index contributed by atoms with van der Waals surface area (Å²) < 4.78 is 10.2. The second-order valence-electron chi connectivity index (χ2n) is 3.64. The van der Waals surface area contributed by atoms with Gasteiger partial charge in [-0.1, -0.05) is 0 Å². The Bertz CT molecular complexity index is 431. The lowest BCUT2D eigenvalue weighted by atomic mass is 10.2. The molecule has 0 saturated heterocycles. The molecule has 0 saturated carbocycles. The number of rotatable bonds is 4. The quantitative estimate of drug-likeness (QED) is 0.857. The van der Waals surface area contributed by atoms with Crippen molar-refractivity contribution in [3.05, 3.63) is 48.3 Å². The molecule has 1 amide bonds. The normalized spacial score (nSPS) is 12.3. The molecule has 0 bridgehead atoms. The minimum Gasteiger partial charge on any atom is -0.469 e. The van der Waals surface area contributed by atoms with E-state index in [1.807, 2.05) is 19.1 Å². The summed E-state index contributed by atoms with van der Waals surface area (Å²) in [7, 11) is 0. The Morgan fingerprint density at radius 1 is 1.31 bits per heavy atom. The highest BCUT2D eigenvalue weighted by atomic mass is 16.3. The van der Waals surface area contributed by atoms with E-state index >= 15 is 0 Å².